The van der Waals surface area contributed by atoms with Gasteiger partial charge in [-0.25, -0.2) is 8.78 Å². The highest BCUT2D eigenvalue weighted by atomic mass is 127. The molecule has 3 nitrogen and oxygen atoms in total. The summed E-state index contributed by atoms with van der Waals surface area (Å²) < 4.78 is 29.8. The maximum atomic E-state index is 13.7. The molecule has 0 spiro atoms. The molecule has 0 bridgehead atoms. The molecule has 0 fully saturated rings. The maximum absolute atomic E-state index is 13.7. The van der Waals surface area contributed by atoms with Crippen molar-refractivity contribution >= 4 is 49.4 Å². The number of quaternary nitrogens is 3. The van der Waals surface area contributed by atoms with Crippen molar-refractivity contribution in [1.29, 1.82) is 0 Å². The van der Waals surface area contributed by atoms with Crippen molar-refractivity contribution in [2.45, 2.75) is 0 Å². The smallest absolute Gasteiger partial charge is 0.132 e. The lowest BCUT2D eigenvalue weighted by Gasteiger charge is -2.23. The summed E-state index contributed by atoms with van der Waals surface area (Å²) in [7, 11) is 19.7. The number of nitrogens with zero attached hydrogens (tertiary/aromatic N) is 3. The van der Waals surface area contributed by atoms with E-state index in [4.69, 9.17) is 0 Å². The Balaban J connectivity index is 0.000000140. The van der Waals surface area contributed by atoms with Gasteiger partial charge < -0.3 is 24.0 Å². The molecule has 0 amide bonds. The average molecular weight is 1480 g/mol. The van der Waals surface area contributed by atoms with Crippen LogP contribution in [0.4, 0.5) is 25.8 Å². The van der Waals surface area contributed by atoms with Crippen LogP contribution in [0.25, 0.3) is 144 Å². The lowest BCUT2D eigenvalue weighted by molar-refractivity contribution is -0.0000216. The number of rotatable bonds is 13. The van der Waals surface area contributed by atoms with Gasteiger partial charge >= 0.3 is 0 Å². The molecule has 105 heavy (non-hydrogen) atoms. The van der Waals surface area contributed by atoms with Crippen LogP contribution in [0.5, 0.6) is 0 Å². The number of hydrogen-bond acceptors (Lipinski definition) is 0. The van der Waals surface area contributed by atoms with Gasteiger partial charge in [0.25, 0.3) is 0 Å². The molecule has 0 aromatic heterocycles. The fourth-order valence-electron chi connectivity index (χ4n) is 13.8. The van der Waals surface area contributed by atoms with Crippen LogP contribution in [0.1, 0.15) is 0 Å². The number of fused-ring (bicyclic) bond motifs is 3. The Morgan fingerprint density at radius 3 is 0.790 bits per heavy atom. The molecule has 0 heterocycles. The van der Waals surface area contributed by atoms with Gasteiger partial charge in [0, 0.05) is 12.1 Å². The summed E-state index contributed by atoms with van der Waals surface area (Å²) in [5.74, 6) is -0.536. The fourth-order valence-corrected chi connectivity index (χ4v) is 13.8. The Hall–Kier alpha value is -11.2. The van der Waals surface area contributed by atoms with E-state index in [0.717, 1.165) is 57.6 Å². The average Bonchev–Trinajstić information content (AvgIpc) is 0.888. The van der Waals surface area contributed by atoms with E-state index >= 15 is 0 Å². The molecule has 0 aliphatic rings. The van der Waals surface area contributed by atoms with E-state index in [1.165, 1.54) is 141 Å². The zero-order valence-corrected chi connectivity index (χ0v) is 63.2. The van der Waals surface area contributed by atoms with Crippen molar-refractivity contribution in [2.75, 3.05) is 63.4 Å². The molecule has 0 aliphatic heterocycles. The molecule has 16 rings (SSSR count). The molecule has 0 saturated heterocycles. The first kappa shape index (κ1) is 72.1. The summed E-state index contributed by atoms with van der Waals surface area (Å²) in [6, 6.07) is 125. The predicted octanol–water partition coefficient (Wildman–Crippen LogP) is 23.1. The topological polar surface area (TPSA) is 0 Å². The minimum absolute atomic E-state index is 0. The first-order chi connectivity index (χ1) is 50.2. The summed E-state index contributed by atoms with van der Waals surface area (Å²) in [4.78, 5) is 0. The van der Waals surface area contributed by atoms with E-state index in [1.54, 1.807) is 24.3 Å². The summed E-state index contributed by atoms with van der Waals surface area (Å²) in [6.07, 6.45) is 0. The van der Waals surface area contributed by atoms with E-state index in [9.17, 15) is 8.78 Å². The molecule has 0 radical (unpaired) electrons. The van der Waals surface area contributed by atoms with Crippen molar-refractivity contribution < 1.29 is 32.8 Å². The molecule has 0 unspecified atom stereocenters. The molecule has 0 N–H and O–H groups in total. The minimum atomic E-state index is -0.268. The molecule has 0 aliphatic carbocycles. The van der Waals surface area contributed by atoms with E-state index < -0.39 is 0 Å². The highest BCUT2D eigenvalue weighted by Crippen LogP contribution is 2.41. The molecular formula is C99H86F2IN3+2. The highest BCUT2D eigenvalue weighted by molar-refractivity contribution is 6.02. The highest BCUT2D eigenvalue weighted by Gasteiger charge is 2.19. The second-order valence-corrected chi connectivity index (χ2v) is 29.6. The van der Waals surface area contributed by atoms with Crippen LogP contribution in [0.15, 0.2) is 358 Å². The lowest BCUT2D eigenvalue weighted by Crippen LogP contribution is -3.00. The zero-order chi connectivity index (χ0) is 72.1. The van der Waals surface area contributed by atoms with Gasteiger partial charge in [0.1, 0.15) is 28.7 Å². The largest absolute Gasteiger partial charge is 1.00 e. The van der Waals surface area contributed by atoms with Crippen LogP contribution in [-0.2, 0) is 0 Å². The zero-order valence-electron chi connectivity index (χ0n) is 61.0. The molecule has 0 saturated carbocycles. The second kappa shape index (κ2) is 31.0. The van der Waals surface area contributed by atoms with Gasteiger partial charge in [-0.3, -0.25) is 13.4 Å². The Morgan fingerprint density at radius 1 is 0.171 bits per heavy atom. The van der Waals surface area contributed by atoms with Gasteiger partial charge in [-0.05, 0) is 253 Å². The molecule has 6 heteroatoms. The van der Waals surface area contributed by atoms with E-state index in [2.05, 4.69) is 373 Å². The summed E-state index contributed by atoms with van der Waals surface area (Å²) in [5.41, 5.74) is 27.2. The Bertz CT molecular complexity index is 5670. The number of halogens is 3. The Labute approximate surface area is 635 Å². The van der Waals surface area contributed by atoms with Crippen molar-refractivity contribution in [1.82, 2.24) is 13.4 Å². The minimum Gasteiger partial charge on any atom is -1.00 e. The summed E-state index contributed by atoms with van der Waals surface area (Å²) >= 11 is 0. The Morgan fingerprint density at radius 2 is 0.419 bits per heavy atom. The van der Waals surface area contributed by atoms with E-state index in [0.29, 0.717) is 0 Å². The first-order valence-electron chi connectivity index (χ1n) is 35.6. The summed E-state index contributed by atoms with van der Waals surface area (Å²) in [5, 5.41) is 7.40. The standard InChI is InChI=1S/C37H30F2N.2C31H28N.HI/c1-40(2,3)35-8-4-6-27(24-35)28-14-19-37-29(20-28)7-5-9-36(37)32-22-30(25-10-15-33(38)16-11-25)21-31(23-32)26-12-17-34(39)18-13-26;1-32(2,3)29-16-8-13-25(22-29)26-18-19-31-28(21-26)15-9-17-30(31)27-14-7-12-24(20-27)23-10-5-4-6-11-23;1-32(2,3)29-18-15-24(16-19-29)26-17-20-31-28(22-26)13-8-14-30(31)27-12-7-11-25(21-27)23-9-5-4-6-10-23;/h4-24H,1-3H3;2*4-22H,1-3H3;1H/q3*+1;/p-1. The molecule has 16 aromatic carbocycles. The van der Waals surface area contributed by atoms with Crippen LogP contribution in [-0.4, -0.2) is 63.4 Å². The van der Waals surface area contributed by atoms with Gasteiger partial charge in [-0.15, -0.1) is 0 Å². The monoisotopic (exact) mass is 1480 g/mol. The van der Waals surface area contributed by atoms with Gasteiger partial charge in [0.15, 0.2) is 0 Å². The van der Waals surface area contributed by atoms with Gasteiger partial charge in [-0.1, -0.05) is 237 Å². The number of hydrogen-bond donors (Lipinski definition) is 0. The Kier molecular flexibility index (Phi) is 21.3. The van der Waals surface area contributed by atoms with Crippen molar-refractivity contribution in [3.05, 3.63) is 370 Å². The molecule has 0 atom stereocenters. The predicted molar refractivity (Wildman–Crippen MR) is 445 cm³/mol. The third-order valence-corrected chi connectivity index (χ3v) is 19.7. The van der Waals surface area contributed by atoms with Crippen LogP contribution >= 0.6 is 0 Å². The van der Waals surface area contributed by atoms with E-state index in [1.807, 2.05) is 0 Å². The van der Waals surface area contributed by atoms with Crippen LogP contribution < -0.4 is 37.4 Å². The lowest BCUT2D eigenvalue weighted by atomic mass is 9.90. The SMILES string of the molecule is C[N+](C)(C)c1ccc(-c2ccc3c(-c4cccc(-c5ccccc5)c4)cccc3c2)cc1.C[N+](C)(C)c1cccc(-c2ccc3c(-c4cc(-c5ccc(F)cc5)cc(-c5ccc(F)cc5)c4)cccc3c2)c1.C[N+](C)(C)c1cccc(-c2ccc3c(-c4cccc(-c5ccccc5)c4)cccc3c2)c1.[I-]. The van der Waals surface area contributed by atoms with Crippen molar-refractivity contribution in [3.8, 4) is 111 Å². The quantitative estimate of drug-likeness (QED) is 0.0797. The van der Waals surface area contributed by atoms with Crippen molar-refractivity contribution in [3.63, 3.8) is 0 Å². The summed E-state index contributed by atoms with van der Waals surface area (Å²) in [6.45, 7) is 0. The van der Waals surface area contributed by atoms with Gasteiger partial charge in [0.05, 0.1) is 63.4 Å². The molecule has 16 aromatic rings. The second-order valence-electron chi connectivity index (χ2n) is 29.6. The third-order valence-electron chi connectivity index (χ3n) is 19.7. The third kappa shape index (κ3) is 16.7. The molecule has 516 valence electrons. The van der Waals surface area contributed by atoms with Gasteiger partial charge in [-0.2, -0.15) is 0 Å². The fraction of sp³-hybridized carbons (Fsp3) is 0.0909. The normalized spacial score (nSPS) is 11.5. The van der Waals surface area contributed by atoms with Crippen LogP contribution in [0, 0.1) is 11.6 Å². The number of benzene rings is 16. The van der Waals surface area contributed by atoms with Gasteiger partial charge in [0.2, 0.25) is 0 Å². The van der Waals surface area contributed by atoms with Crippen LogP contribution in [0.2, 0.25) is 0 Å². The van der Waals surface area contributed by atoms with Crippen molar-refractivity contribution in [2.24, 2.45) is 0 Å². The van der Waals surface area contributed by atoms with E-state index in [-0.39, 0.29) is 35.6 Å². The van der Waals surface area contributed by atoms with Crippen LogP contribution in [0.3, 0.4) is 0 Å². The maximum Gasteiger partial charge on any atom is 0.132 e. The first-order valence-corrected chi connectivity index (χ1v) is 35.6. The molecular weight excluding hydrogens is 1400 g/mol.